The van der Waals surface area contributed by atoms with Crippen LogP contribution in [0.25, 0.3) is 22.5 Å². The third-order valence-corrected chi connectivity index (χ3v) is 8.72. The number of nitrogens with zero attached hydrogens (tertiary/aromatic N) is 3. The third kappa shape index (κ3) is 7.18. The van der Waals surface area contributed by atoms with E-state index in [1.165, 1.54) is 24.7 Å². The standard InChI is InChI=1S/C35H34BrFN6O5/c1-46-30-6-3-21(12-31(30)47-2)22-11-26(33(38)39-14-22)25-5-4-24(13-29(25)37)42-35(45)28-19-43(17-20-7-9-48-10-8-20)18-27(32(28)44)34-40-15-23(36)16-41-34/h3-6,11-16,18-20,33,39H,7-10,17,38H2,1-2H3,(H,42,45). The molecule has 11 nitrogen and oxygen atoms in total. The van der Waals surface area contributed by atoms with Gasteiger partial charge in [-0.2, -0.15) is 0 Å². The molecule has 2 aromatic carbocycles. The van der Waals surface area contributed by atoms with Crippen molar-refractivity contribution < 1.29 is 23.4 Å². The Morgan fingerprint density at radius 2 is 1.83 bits per heavy atom. The minimum atomic E-state index is -0.680. The molecule has 13 heteroatoms. The molecule has 4 heterocycles. The van der Waals surface area contributed by atoms with Crippen molar-refractivity contribution in [2.24, 2.45) is 11.7 Å². The molecule has 1 fully saturated rings. The second-order valence-electron chi connectivity index (χ2n) is 11.5. The number of aromatic nitrogens is 3. The average molecular weight is 718 g/mol. The molecule has 2 aliphatic heterocycles. The summed E-state index contributed by atoms with van der Waals surface area (Å²) >= 11 is 3.31. The molecule has 0 aliphatic carbocycles. The van der Waals surface area contributed by atoms with Gasteiger partial charge < -0.3 is 35.1 Å². The monoisotopic (exact) mass is 716 g/mol. The van der Waals surface area contributed by atoms with Crippen LogP contribution in [0.15, 0.2) is 82.7 Å². The van der Waals surface area contributed by atoms with Crippen molar-refractivity contribution in [1.82, 2.24) is 19.9 Å². The van der Waals surface area contributed by atoms with Crippen LogP contribution in [0.5, 0.6) is 11.5 Å². The van der Waals surface area contributed by atoms with Crippen molar-refractivity contribution in [2.75, 3.05) is 32.8 Å². The number of dihydropyridines is 1. The number of ether oxygens (including phenoxy) is 3. The Bertz CT molecular complexity index is 1960. The van der Waals surface area contributed by atoms with Gasteiger partial charge in [-0.25, -0.2) is 14.4 Å². The molecule has 6 rings (SSSR count). The molecule has 4 N–H and O–H groups in total. The van der Waals surface area contributed by atoms with E-state index in [2.05, 4.69) is 36.5 Å². The lowest BCUT2D eigenvalue weighted by atomic mass is 9.94. The second-order valence-corrected chi connectivity index (χ2v) is 12.4. The van der Waals surface area contributed by atoms with Crippen molar-refractivity contribution in [3.05, 3.63) is 111 Å². The molecule has 1 amide bonds. The molecule has 1 atom stereocenters. The van der Waals surface area contributed by atoms with Crippen LogP contribution in [-0.4, -0.2) is 54.0 Å². The van der Waals surface area contributed by atoms with E-state index in [4.69, 9.17) is 19.9 Å². The number of allylic oxidation sites excluding steroid dienone is 2. The first kappa shape index (κ1) is 33.1. The quantitative estimate of drug-likeness (QED) is 0.213. The summed E-state index contributed by atoms with van der Waals surface area (Å²) in [5.74, 6) is 0.370. The molecule has 248 valence electrons. The fourth-order valence-electron chi connectivity index (χ4n) is 5.76. The third-order valence-electron chi connectivity index (χ3n) is 8.31. The molecule has 0 spiro atoms. The maximum absolute atomic E-state index is 15.7. The number of hydrogen-bond donors (Lipinski definition) is 3. The Morgan fingerprint density at radius 1 is 1.08 bits per heavy atom. The largest absolute Gasteiger partial charge is 0.493 e. The fraction of sp³-hybridized carbons (Fsp3) is 0.257. The maximum atomic E-state index is 15.7. The maximum Gasteiger partial charge on any atom is 0.261 e. The molecule has 1 unspecified atom stereocenters. The Morgan fingerprint density at radius 3 is 2.54 bits per heavy atom. The first-order valence-electron chi connectivity index (χ1n) is 15.3. The number of pyridine rings is 1. The number of carbonyl (C=O) groups excluding carboxylic acids is 1. The van der Waals surface area contributed by atoms with Gasteiger partial charge >= 0.3 is 0 Å². The number of amides is 1. The SMILES string of the molecule is COc1ccc(C2=CNC(N)C(c3ccc(NC(=O)c4cn(CC5CCOCC5)cc(-c5ncc(Br)cn5)c4=O)cc3F)=C2)cc1OC. The molecule has 2 aliphatic rings. The van der Waals surface area contributed by atoms with E-state index < -0.39 is 23.3 Å². The summed E-state index contributed by atoms with van der Waals surface area (Å²) in [4.78, 5) is 35.8. The van der Waals surface area contributed by atoms with Crippen LogP contribution >= 0.6 is 15.9 Å². The number of halogens is 2. The van der Waals surface area contributed by atoms with Crippen LogP contribution in [0.2, 0.25) is 0 Å². The Hall–Kier alpha value is -4.85. The van der Waals surface area contributed by atoms with Gasteiger partial charge in [-0.05, 0) is 87.8 Å². The van der Waals surface area contributed by atoms with Gasteiger partial charge in [0, 0.05) is 62.0 Å². The van der Waals surface area contributed by atoms with Crippen molar-refractivity contribution >= 4 is 38.7 Å². The highest BCUT2D eigenvalue weighted by molar-refractivity contribution is 9.10. The minimum Gasteiger partial charge on any atom is -0.493 e. The van der Waals surface area contributed by atoms with Crippen LogP contribution in [0, 0.1) is 11.7 Å². The number of rotatable bonds is 9. The summed E-state index contributed by atoms with van der Waals surface area (Å²) in [7, 11) is 3.11. The minimum absolute atomic E-state index is 0.110. The summed E-state index contributed by atoms with van der Waals surface area (Å²) in [6.07, 6.45) is 10.9. The molecule has 0 bridgehead atoms. The normalized spacial score (nSPS) is 16.4. The van der Waals surface area contributed by atoms with Gasteiger partial charge in [0.2, 0.25) is 5.43 Å². The van der Waals surface area contributed by atoms with Crippen LogP contribution in [0.4, 0.5) is 10.1 Å². The Kier molecular flexibility index (Phi) is 9.99. The van der Waals surface area contributed by atoms with Gasteiger partial charge in [0.25, 0.3) is 5.91 Å². The van der Waals surface area contributed by atoms with Crippen LogP contribution in [-0.2, 0) is 11.3 Å². The molecule has 2 aromatic heterocycles. The van der Waals surface area contributed by atoms with Gasteiger partial charge in [-0.1, -0.05) is 6.07 Å². The number of methoxy groups -OCH3 is 2. The number of hydrogen-bond acceptors (Lipinski definition) is 9. The summed E-state index contributed by atoms with van der Waals surface area (Å²) in [6, 6.07) is 9.80. The summed E-state index contributed by atoms with van der Waals surface area (Å²) in [5.41, 5.74) is 8.38. The van der Waals surface area contributed by atoms with Crippen LogP contribution in [0.1, 0.15) is 34.3 Å². The molecule has 48 heavy (non-hydrogen) atoms. The molecule has 1 saturated heterocycles. The molecule has 0 saturated carbocycles. The zero-order chi connectivity index (χ0) is 33.8. The van der Waals surface area contributed by atoms with Gasteiger partial charge in [0.15, 0.2) is 17.3 Å². The molecular weight excluding hydrogens is 683 g/mol. The van der Waals surface area contributed by atoms with E-state index >= 15 is 4.39 Å². The van der Waals surface area contributed by atoms with Crippen molar-refractivity contribution in [1.29, 1.82) is 0 Å². The van der Waals surface area contributed by atoms with Crippen LogP contribution < -0.4 is 31.3 Å². The highest BCUT2D eigenvalue weighted by atomic mass is 79.9. The molecule has 4 aromatic rings. The second kappa shape index (κ2) is 14.5. The smallest absolute Gasteiger partial charge is 0.261 e. The predicted octanol–water partition coefficient (Wildman–Crippen LogP) is 5.22. The van der Waals surface area contributed by atoms with Gasteiger partial charge in [0.05, 0.1) is 24.3 Å². The van der Waals surface area contributed by atoms with E-state index in [0.29, 0.717) is 47.2 Å². The lowest BCUT2D eigenvalue weighted by molar-refractivity contribution is 0.0612. The number of nitrogens with two attached hydrogens (primary N) is 1. The first-order chi connectivity index (χ1) is 23.2. The van der Waals surface area contributed by atoms with Crippen molar-refractivity contribution in [2.45, 2.75) is 25.6 Å². The lowest BCUT2D eigenvalue weighted by Gasteiger charge is -2.24. The zero-order valence-electron chi connectivity index (χ0n) is 26.3. The summed E-state index contributed by atoms with van der Waals surface area (Å²) < 4.78 is 34.4. The van der Waals surface area contributed by atoms with E-state index in [1.54, 1.807) is 50.9 Å². The van der Waals surface area contributed by atoms with Crippen molar-refractivity contribution in [3.8, 4) is 22.9 Å². The fourth-order valence-corrected chi connectivity index (χ4v) is 5.96. The number of benzene rings is 2. The van der Waals surface area contributed by atoms with E-state index in [9.17, 15) is 9.59 Å². The van der Waals surface area contributed by atoms with Crippen LogP contribution in [0.3, 0.4) is 0 Å². The lowest BCUT2D eigenvalue weighted by Crippen LogP contribution is -2.37. The van der Waals surface area contributed by atoms with Crippen molar-refractivity contribution in [3.63, 3.8) is 0 Å². The molecule has 0 radical (unpaired) electrons. The first-order valence-corrected chi connectivity index (χ1v) is 16.1. The van der Waals surface area contributed by atoms with E-state index in [-0.39, 0.29) is 28.2 Å². The summed E-state index contributed by atoms with van der Waals surface area (Å²) in [5, 5.41) is 5.78. The highest BCUT2D eigenvalue weighted by Gasteiger charge is 2.23. The number of anilines is 1. The number of nitrogens with one attached hydrogen (secondary N) is 2. The van der Waals surface area contributed by atoms with E-state index in [0.717, 1.165) is 24.0 Å². The van der Waals surface area contributed by atoms with Gasteiger partial charge in [0.1, 0.15) is 17.5 Å². The molecular formula is C35H34BrFN6O5. The Balaban J connectivity index is 1.27. The zero-order valence-corrected chi connectivity index (χ0v) is 27.9. The van der Waals surface area contributed by atoms with Gasteiger partial charge in [-0.3, -0.25) is 9.59 Å². The highest BCUT2D eigenvalue weighted by Crippen LogP contribution is 2.34. The summed E-state index contributed by atoms with van der Waals surface area (Å²) in [6.45, 7) is 1.90. The Labute approximate surface area is 284 Å². The number of carbonyl (C=O) groups is 1. The van der Waals surface area contributed by atoms with Gasteiger partial charge in [-0.15, -0.1) is 0 Å². The van der Waals surface area contributed by atoms with E-state index in [1.807, 2.05) is 16.7 Å². The average Bonchev–Trinajstić information content (AvgIpc) is 3.10. The topological polar surface area (TPSA) is 143 Å². The predicted molar refractivity (Wildman–Crippen MR) is 184 cm³/mol.